The summed E-state index contributed by atoms with van der Waals surface area (Å²) in [5.41, 5.74) is 1.42. The highest BCUT2D eigenvalue weighted by molar-refractivity contribution is 6.02. The first-order valence-corrected chi connectivity index (χ1v) is 14.5. The number of benzene rings is 1. The Hall–Kier alpha value is -3.76. The van der Waals surface area contributed by atoms with Crippen molar-refractivity contribution in [3.8, 4) is 0 Å². The number of rotatable bonds is 4. The molecular formula is C30H43N5O6. The Morgan fingerprint density at radius 1 is 0.780 bits per heavy atom. The second-order valence-electron chi connectivity index (χ2n) is 11.9. The Labute approximate surface area is 241 Å². The van der Waals surface area contributed by atoms with Gasteiger partial charge in [0.05, 0.1) is 6.61 Å². The Balaban J connectivity index is 1.49. The van der Waals surface area contributed by atoms with Crippen LogP contribution in [0.1, 0.15) is 74.9 Å². The van der Waals surface area contributed by atoms with Gasteiger partial charge in [-0.1, -0.05) is 0 Å². The van der Waals surface area contributed by atoms with Gasteiger partial charge in [0.25, 0.3) is 11.8 Å². The molecule has 3 heterocycles. The summed E-state index contributed by atoms with van der Waals surface area (Å²) in [5.74, 6) is -0.195. The molecule has 0 bridgehead atoms. The molecule has 0 saturated carbocycles. The third-order valence-electron chi connectivity index (χ3n) is 7.35. The van der Waals surface area contributed by atoms with Crippen LogP contribution in [0.25, 0.3) is 10.9 Å². The molecule has 1 aromatic carbocycles. The van der Waals surface area contributed by atoms with Crippen LogP contribution in [0.3, 0.4) is 0 Å². The van der Waals surface area contributed by atoms with Crippen molar-refractivity contribution in [2.24, 2.45) is 0 Å². The van der Waals surface area contributed by atoms with Crippen molar-refractivity contribution < 1.29 is 28.7 Å². The van der Waals surface area contributed by atoms with E-state index in [1.165, 1.54) is 0 Å². The van der Waals surface area contributed by atoms with Gasteiger partial charge in [-0.15, -0.1) is 0 Å². The summed E-state index contributed by atoms with van der Waals surface area (Å²) in [6.45, 7) is 15.3. The highest BCUT2D eigenvalue weighted by Crippen LogP contribution is 2.27. The molecule has 1 aromatic heterocycles. The number of nitrogens with zero attached hydrogens (tertiary/aromatic N) is 5. The van der Waals surface area contributed by atoms with Crippen molar-refractivity contribution in [2.75, 3.05) is 59.0 Å². The van der Waals surface area contributed by atoms with Crippen molar-refractivity contribution in [1.29, 1.82) is 0 Å². The van der Waals surface area contributed by atoms with E-state index in [0.717, 1.165) is 10.9 Å². The second-order valence-corrected chi connectivity index (χ2v) is 11.9. The molecule has 2 aliphatic heterocycles. The van der Waals surface area contributed by atoms with E-state index in [4.69, 9.17) is 9.47 Å². The van der Waals surface area contributed by atoms with Gasteiger partial charge < -0.3 is 33.6 Å². The van der Waals surface area contributed by atoms with E-state index in [-0.39, 0.29) is 30.0 Å². The molecule has 0 N–H and O–H groups in total. The monoisotopic (exact) mass is 569 g/mol. The number of carbonyl (C=O) groups excluding carboxylic acids is 4. The standard InChI is InChI=1S/C30H43N5O6/c1-7-40-28(38)34-17-14-32(15-18-34)27(37)25-20-23-19-22(9-10-24(23)35(25)21(2)3)26(36)31-11-8-12-33(16-13-31)29(39)41-30(4,5)6/h9-10,19-21H,7-8,11-18H2,1-6H3. The van der Waals surface area contributed by atoms with E-state index < -0.39 is 5.60 Å². The van der Waals surface area contributed by atoms with Crippen molar-refractivity contribution in [3.05, 3.63) is 35.5 Å². The Kier molecular flexibility index (Phi) is 9.14. The Bertz CT molecular complexity index is 1290. The molecule has 2 aliphatic rings. The zero-order valence-corrected chi connectivity index (χ0v) is 25.1. The lowest BCUT2D eigenvalue weighted by Crippen LogP contribution is -2.51. The van der Waals surface area contributed by atoms with E-state index in [1.54, 1.807) is 26.5 Å². The fourth-order valence-electron chi connectivity index (χ4n) is 5.37. The van der Waals surface area contributed by atoms with Crippen molar-refractivity contribution in [3.63, 3.8) is 0 Å². The molecule has 2 aromatic rings. The van der Waals surface area contributed by atoms with Gasteiger partial charge in [0.1, 0.15) is 11.3 Å². The van der Waals surface area contributed by atoms with Crippen LogP contribution in [0.5, 0.6) is 0 Å². The smallest absolute Gasteiger partial charge is 0.410 e. The quantitative estimate of drug-likeness (QED) is 0.546. The fourth-order valence-corrected chi connectivity index (χ4v) is 5.37. The lowest BCUT2D eigenvalue weighted by Gasteiger charge is -2.34. The fraction of sp³-hybridized carbons (Fsp3) is 0.600. The molecular weight excluding hydrogens is 526 g/mol. The predicted octanol–water partition coefficient (Wildman–Crippen LogP) is 4.22. The summed E-state index contributed by atoms with van der Waals surface area (Å²) in [6, 6.07) is 7.45. The number of aromatic nitrogens is 1. The van der Waals surface area contributed by atoms with Crippen LogP contribution in [-0.2, 0) is 9.47 Å². The maximum absolute atomic E-state index is 13.6. The maximum Gasteiger partial charge on any atom is 0.410 e. The third-order valence-corrected chi connectivity index (χ3v) is 7.35. The molecule has 41 heavy (non-hydrogen) atoms. The summed E-state index contributed by atoms with van der Waals surface area (Å²) in [4.78, 5) is 58.6. The molecule has 0 aliphatic carbocycles. The third kappa shape index (κ3) is 6.94. The lowest BCUT2D eigenvalue weighted by molar-refractivity contribution is 0.0255. The van der Waals surface area contributed by atoms with Crippen LogP contribution in [0.15, 0.2) is 24.3 Å². The molecule has 2 fully saturated rings. The van der Waals surface area contributed by atoms with Crippen LogP contribution >= 0.6 is 0 Å². The summed E-state index contributed by atoms with van der Waals surface area (Å²) < 4.78 is 12.6. The highest BCUT2D eigenvalue weighted by Gasteiger charge is 2.30. The number of fused-ring (bicyclic) bond motifs is 1. The molecule has 11 heteroatoms. The van der Waals surface area contributed by atoms with Crippen molar-refractivity contribution in [2.45, 2.75) is 59.6 Å². The first kappa shape index (κ1) is 30.2. The van der Waals surface area contributed by atoms with Crippen LogP contribution in [-0.4, -0.2) is 113 Å². The average molecular weight is 570 g/mol. The Morgan fingerprint density at radius 3 is 1.93 bits per heavy atom. The molecule has 4 rings (SSSR count). The Morgan fingerprint density at radius 2 is 1.34 bits per heavy atom. The summed E-state index contributed by atoms with van der Waals surface area (Å²) in [7, 11) is 0. The van der Waals surface area contributed by atoms with Crippen molar-refractivity contribution in [1.82, 2.24) is 24.2 Å². The van der Waals surface area contributed by atoms with Crippen LogP contribution in [0.4, 0.5) is 9.59 Å². The van der Waals surface area contributed by atoms with E-state index in [2.05, 4.69) is 0 Å². The van der Waals surface area contributed by atoms with Gasteiger partial charge in [0.2, 0.25) is 0 Å². The normalized spacial score (nSPS) is 16.7. The zero-order valence-electron chi connectivity index (χ0n) is 25.1. The van der Waals surface area contributed by atoms with Crippen LogP contribution in [0, 0.1) is 0 Å². The van der Waals surface area contributed by atoms with Gasteiger partial charge in [0, 0.05) is 74.9 Å². The minimum atomic E-state index is -0.572. The van der Waals surface area contributed by atoms with Gasteiger partial charge in [-0.25, -0.2) is 9.59 Å². The van der Waals surface area contributed by atoms with E-state index in [0.29, 0.717) is 76.6 Å². The second kappa shape index (κ2) is 12.4. The summed E-state index contributed by atoms with van der Waals surface area (Å²) in [6.07, 6.45) is -0.0447. The number of hydrogen-bond acceptors (Lipinski definition) is 6. The van der Waals surface area contributed by atoms with Crippen LogP contribution < -0.4 is 0 Å². The molecule has 2 saturated heterocycles. The van der Waals surface area contributed by atoms with Gasteiger partial charge >= 0.3 is 12.2 Å². The highest BCUT2D eigenvalue weighted by atomic mass is 16.6. The predicted molar refractivity (Wildman–Crippen MR) is 155 cm³/mol. The molecule has 0 spiro atoms. The minimum Gasteiger partial charge on any atom is -0.450 e. The number of piperazine rings is 1. The largest absolute Gasteiger partial charge is 0.450 e. The molecule has 0 radical (unpaired) electrons. The minimum absolute atomic E-state index is 0.0262. The van der Waals surface area contributed by atoms with E-state index in [1.807, 2.05) is 63.5 Å². The zero-order chi connectivity index (χ0) is 29.9. The molecule has 224 valence electrons. The summed E-state index contributed by atoms with van der Waals surface area (Å²) >= 11 is 0. The molecule has 0 unspecified atom stereocenters. The van der Waals surface area contributed by atoms with E-state index >= 15 is 0 Å². The number of amides is 4. The number of ether oxygens (including phenoxy) is 2. The lowest BCUT2D eigenvalue weighted by atomic mass is 10.1. The molecule has 0 atom stereocenters. The first-order chi connectivity index (χ1) is 19.4. The maximum atomic E-state index is 13.6. The molecule has 4 amide bonds. The van der Waals surface area contributed by atoms with Gasteiger partial charge in [-0.05, 0) is 72.2 Å². The SMILES string of the molecule is CCOC(=O)N1CCN(C(=O)c2cc3cc(C(=O)N4CCCN(C(=O)OC(C)(C)C)CC4)ccc3n2C(C)C)CC1. The first-order valence-electron chi connectivity index (χ1n) is 14.5. The summed E-state index contributed by atoms with van der Waals surface area (Å²) in [5, 5.41) is 0.822. The van der Waals surface area contributed by atoms with Crippen LogP contribution in [0.2, 0.25) is 0 Å². The topological polar surface area (TPSA) is 105 Å². The van der Waals surface area contributed by atoms with Gasteiger partial charge in [-0.3, -0.25) is 9.59 Å². The number of hydrogen-bond donors (Lipinski definition) is 0. The van der Waals surface area contributed by atoms with Gasteiger partial charge in [0.15, 0.2) is 0 Å². The number of carbonyl (C=O) groups is 4. The average Bonchev–Trinajstić information content (AvgIpc) is 3.13. The van der Waals surface area contributed by atoms with Crippen molar-refractivity contribution >= 4 is 34.9 Å². The van der Waals surface area contributed by atoms with E-state index in [9.17, 15) is 19.2 Å². The molecule has 11 nitrogen and oxygen atoms in total. The van der Waals surface area contributed by atoms with Gasteiger partial charge in [-0.2, -0.15) is 0 Å².